The summed E-state index contributed by atoms with van der Waals surface area (Å²) in [6, 6.07) is 9.74. The predicted octanol–water partition coefficient (Wildman–Crippen LogP) is 2.46. The zero-order chi connectivity index (χ0) is 17.9. The summed E-state index contributed by atoms with van der Waals surface area (Å²) in [6.07, 6.45) is 4.80. The topological polar surface area (TPSA) is 93.0 Å². The number of aromatic nitrogens is 1. The SMILES string of the molecule is O=C(O)C1CCc2ccc(COc3ccc(C4CC=NN4)nc3)cc2O1. The summed E-state index contributed by atoms with van der Waals surface area (Å²) < 4.78 is 11.4. The fourth-order valence-electron chi connectivity index (χ4n) is 3.07. The lowest BCUT2D eigenvalue weighted by Gasteiger charge is -2.23. The highest BCUT2D eigenvalue weighted by molar-refractivity contribution is 5.73. The molecule has 1 aromatic carbocycles. The van der Waals surface area contributed by atoms with Gasteiger partial charge in [0.15, 0.2) is 6.10 Å². The summed E-state index contributed by atoms with van der Waals surface area (Å²) in [5.41, 5.74) is 5.88. The highest BCUT2D eigenvalue weighted by atomic mass is 16.5. The summed E-state index contributed by atoms with van der Waals surface area (Å²) in [5.74, 6) is 0.380. The largest absolute Gasteiger partial charge is 0.487 e. The minimum absolute atomic E-state index is 0.129. The van der Waals surface area contributed by atoms with Gasteiger partial charge in [0.25, 0.3) is 0 Å². The van der Waals surface area contributed by atoms with E-state index in [1.165, 1.54) is 0 Å². The van der Waals surface area contributed by atoms with Crippen molar-refractivity contribution in [3.8, 4) is 11.5 Å². The number of hydrazone groups is 1. The van der Waals surface area contributed by atoms with E-state index < -0.39 is 12.1 Å². The molecule has 2 atom stereocenters. The van der Waals surface area contributed by atoms with E-state index in [0.29, 0.717) is 30.9 Å². The van der Waals surface area contributed by atoms with Gasteiger partial charge in [-0.2, -0.15) is 5.10 Å². The molecule has 1 aromatic heterocycles. The minimum atomic E-state index is -0.925. The molecule has 0 spiro atoms. The number of aliphatic carboxylic acids is 1. The molecule has 134 valence electrons. The van der Waals surface area contributed by atoms with E-state index in [0.717, 1.165) is 23.2 Å². The van der Waals surface area contributed by atoms with Crippen molar-refractivity contribution in [2.75, 3.05) is 0 Å². The van der Waals surface area contributed by atoms with Crippen LogP contribution in [0.2, 0.25) is 0 Å². The number of nitrogens with one attached hydrogen (secondary N) is 1. The number of carboxylic acid groups (broad SMARTS) is 1. The molecule has 26 heavy (non-hydrogen) atoms. The molecule has 3 heterocycles. The summed E-state index contributed by atoms with van der Waals surface area (Å²) in [7, 11) is 0. The number of carbonyl (C=O) groups is 1. The van der Waals surface area contributed by atoms with Gasteiger partial charge in [0.05, 0.1) is 17.9 Å². The Bertz CT molecular complexity index is 827. The van der Waals surface area contributed by atoms with Crippen molar-refractivity contribution < 1.29 is 19.4 Å². The number of benzene rings is 1. The summed E-state index contributed by atoms with van der Waals surface area (Å²) in [5, 5.41) is 13.1. The van der Waals surface area contributed by atoms with E-state index in [4.69, 9.17) is 14.6 Å². The molecule has 0 saturated heterocycles. The Kier molecular flexibility index (Phi) is 4.43. The highest BCUT2D eigenvalue weighted by Crippen LogP contribution is 2.29. The van der Waals surface area contributed by atoms with Gasteiger partial charge in [0.2, 0.25) is 0 Å². The maximum absolute atomic E-state index is 11.1. The Hall–Kier alpha value is -3.09. The third kappa shape index (κ3) is 3.46. The lowest BCUT2D eigenvalue weighted by molar-refractivity contribution is -0.145. The minimum Gasteiger partial charge on any atom is -0.487 e. The molecule has 2 N–H and O–H groups in total. The van der Waals surface area contributed by atoms with Gasteiger partial charge in [-0.1, -0.05) is 12.1 Å². The van der Waals surface area contributed by atoms with E-state index >= 15 is 0 Å². The molecule has 0 bridgehead atoms. The second kappa shape index (κ2) is 7.03. The molecule has 2 aromatic rings. The molecule has 4 rings (SSSR count). The van der Waals surface area contributed by atoms with E-state index in [2.05, 4.69) is 15.5 Å². The van der Waals surface area contributed by atoms with Gasteiger partial charge in [-0.3, -0.25) is 4.98 Å². The van der Waals surface area contributed by atoms with Gasteiger partial charge in [-0.25, -0.2) is 4.79 Å². The van der Waals surface area contributed by atoms with Crippen molar-refractivity contribution >= 4 is 12.2 Å². The highest BCUT2D eigenvalue weighted by Gasteiger charge is 2.25. The van der Waals surface area contributed by atoms with Crippen LogP contribution in [0.25, 0.3) is 0 Å². The first-order valence-corrected chi connectivity index (χ1v) is 8.56. The molecule has 2 unspecified atom stereocenters. The quantitative estimate of drug-likeness (QED) is 0.858. The molecule has 7 nitrogen and oxygen atoms in total. The van der Waals surface area contributed by atoms with Gasteiger partial charge in [-0.05, 0) is 42.2 Å². The molecule has 2 aliphatic heterocycles. The number of aryl methyl sites for hydroxylation is 1. The molecule has 7 heteroatoms. The number of nitrogens with zero attached hydrogens (tertiary/aromatic N) is 2. The number of carboxylic acids is 1. The third-order valence-electron chi connectivity index (χ3n) is 4.54. The van der Waals surface area contributed by atoms with Crippen LogP contribution in [0, 0.1) is 0 Å². The molecule has 0 radical (unpaired) electrons. The van der Waals surface area contributed by atoms with Crippen molar-refractivity contribution in [3.05, 3.63) is 53.3 Å². The smallest absolute Gasteiger partial charge is 0.344 e. The van der Waals surface area contributed by atoms with Crippen molar-refractivity contribution in [1.82, 2.24) is 10.4 Å². The van der Waals surface area contributed by atoms with Crippen molar-refractivity contribution in [2.24, 2.45) is 5.10 Å². The summed E-state index contributed by atoms with van der Waals surface area (Å²) in [4.78, 5) is 15.5. The standard InChI is InChI=1S/C19H19N3O4/c23-19(24)17-6-3-13-2-1-12(9-18(13)26-17)11-25-14-4-5-15(20-10-14)16-7-8-21-22-16/h1-2,4-5,8-10,16-17,22H,3,6-7,11H2,(H,23,24). The number of ether oxygens (including phenoxy) is 2. The Labute approximate surface area is 150 Å². The van der Waals surface area contributed by atoms with Crippen LogP contribution in [0.1, 0.15) is 35.7 Å². The second-order valence-electron chi connectivity index (χ2n) is 6.36. The monoisotopic (exact) mass is 353 g/mol. The van der Waals surface area contributed by atoms with Gasteiger partial charge >= 0.3 is 5.97 Å². The number of hydrogen-bond acceptors (Lipinski definition) is 6. The number of hydrogen-bond donors (Lipinski definition) is 2. The fourth-order valence-corrected chi connectivity index (χ4v) is 3.07. The molecule has 0 amide bonds. The lowest BCUT2D eigenvalue weighted by Crippen LogP contribution is -2.30. The van der Waals surface area contributed by atoms with Crippen LogP contribution in [0.15, 0.2) is 41.6 Å². The van der Waals surface area contributed by atoms with Crippen molar-refractivity contribution in [2.45, 2.75) is 38.0 Å². The Balaban J connectivity index is 1.39. The van der Waals surface area contributed by atoms with Crippen LogP contribution < -0.4 is 14.9 Å². The van der Waals surface area contributed by atoms with Crippen LogP contribution >= 0.6 is 0 Å². The molecular weight excluding hydrogens is 334 g/mol. The van der Waals surface area contributed by atoms with Gasteiger partial charge in [0.1, 0.15) is 18.1 Å². The normalized spacial score (nSPS) is 20.8. The zero-order valence-electron chi connectivity index (χ0n) is 14.1. The zero-order valence-corrected chi connectivity index (χ0v) is 14.1. The third-order valence-corrected chi connectivity index (χ3v) is 4.54. The molecule has 0 aliphatic carbocycles. The van der Waals surface area contributed by atoms with E-state index in [1.807, 2.05) is 36.5 Å². The first kappa shape index (κ1) is 16.4. The van der Waals surface area contributed by atoms with E-state index in [9.17, 15) is 4.79 Å². The molecule has 2 aliphatic rings. The lowest BCUT2D eigenvalue weighted by atomic mass is 10.0. The van der Waals surface area contributed by atoms with Crippen molar-refractivity contribution in [3.63, 3.8) is 0 Å². The fraction of sp³-hybridized carbons (Fsp3) is 0.316. The summed E-state index contributed by atoms with van der Waals surface area (Å²) >= 11 is 0. The number of pyridine rings is 1. The maximum Gasteiger partial charge on any atom is 0.344 e. The molecule has 0 saturated carbocycles. The Morgan fingerprint density at radius 3 is 3.00 bits per heavy atom. The first-order chi connectivity index (χ1) is 12.7. The van der Waals surface area contributed by atoms with Gasteiger partial charge in [-0.15, -0.1) is 0 Å². The average molecular weight is 353 g/mol. The summed E-state index contributed by atoms with van der Waals surface area (Å²) in [6.45, 7) is 0.361. The maximum atomic E-state index is 11.1. The van der Waals surface area contributed by atoms with Crippen LogP contribution in [0.3, 0.4) is 0 Å². The Morgan fingerprint density at radius 2 is 2.27 bits per heavy atom. The first-order valence-electron chi connectivity index (χ1n) is 8.56. The number of rotatable bonds is 5. The van der Waals surface area contributed by atoms with Gasteiger partial charge in [0, 0.05) is 12.6 Å². The van der Waals surface area contributed by atoms with Crippen molar-refractivity contribution in [1.29, 1.82) is 0 Å². The predicted molar refractivity (Wildman–Crippen MR) is 94.4 cm³/mol. The molecular formula is C19H19N3O4. The van der Waals surface area contributed by atoms with Crippen LogP contribution in [0.5, 0.6) is 11.5 Å². The van der Waals surface area contributed by atoms with Crippen LogP contribution in [-0.2, 0) is 17.8 Å². The van der Waals surface area contributed by atoms with Crippen LogP contribution in [-0.4, -0.2) is 28.4 Å². The molecule has 0 fully saturated rings. The Morgan fingerprint density at radius 1 is 1.35 bits per heavy atom. The van der Waals surface area contributed by atoms with E-state index in [-0.39, 0.29) is 6.04 Å². The van der Waals surface area contributed by atoms with E-state index in [1.54, 1.807) is 6.20 Å². The second-order valence-corrected chi connectivity index (χ2v) is 6.36. The van der Waals surface area contributed by atoms with Gasteiger partial charge < -0.3 is 20.0 Å². The number of fused-ring (bicyclic) bond motifs is 1. The average Bonchev–Trinajstić information content (AvgIpc) is 3.21. The van der Waals surface area contributed by atoms with Crippen LogP contribution in [0.4, 0.5) is 0 Å².